The molecule has 0 unspecified atom stereocenters. The molecule has 1 heterocycles. The first-order chi connectivity index (χ1) is 15.6. The zero-order valence-electron chi connectivity index (χ0n) is 18.2. The van der Waals surface area contributed by atoms with Gasteiger partial charge in [-0.05, 0) is 36.4 Å². The molecule has 0 aliphatic heterocycles. The number of rotatable bonds is 8. The molecule has 0 atom stereocenters. The number of carbonyl (C=O) groups is 1. The van der Waals surface area contributed by atoms with Crippen molar-refractivity contribution >= 4 is 46.3 Å². The van der Waals surface area contributed by atoms with Gasteiger partial charge in [0.05, 0.1) is 23.4 Å². The summed E-state index contributed by atoms with van der Waals surface area (Å²) in [5, 5.41) is 5.86. The van der Waals surface area contributed by atoms with Gasteiger partial charge < -0.3 is 20.3 Å². The molecule has 0 aliphatic rings. The van der Waals surface area contributed by atoms with Crippen LogP contribution in [0.5, 0.6) is 5.75 Å². The van der Waals surface area contributed by atoms with Gasteiger partial charge in [-0.1, -0.05) is 24.2 Å². The van der Waals surface area contributed by atoms with Crippen LogP contribution in [-0.2, 0) is 10.7 Å². The molecule has 0 fully saturated rings. The number of hydrogen-bond acceptors (Lipinski definition) is 6. The molecule has 3 rings (SSSR count). The van der Waals surface area contributed by atoms with E-state index in [1.54, 1.807) is 56.6 Å². The van der Waals surface area contributed by atoms with E-state index in [1.807, 2.05) is 0 Å². The molecule has 0 spiro atoms. The van der Waals surface area contributed by atoms with E-state index in [2.05, 4.69) is 27.2 Å². The van der Waals surface area contributed by atoms with Gasteiger partial charge in [0.15, 0.2) is 0 Å². The second-order valence-corrected chi connectivity index (χ2v) is 7.50. The number of hydrogen-bond donors (Lipinski definition) is 2. The fourth-order valence-electron chi connectivity index (χ4n) is 2.95. The lowest BCUT2D eigenvalue weighted by Gasteiger charge is -2.25. The average molecular weight is 474 g/mol. The Kier molecular flexibility index (Phi) is 7.13. The van der Waals surface area contributed by atoms with Crippen molar-refractivity contribution in [2.24, 2.45) is 0 Å². The van der Waals surface area contributed by atoms with Gasteiger partial charge in [-0.15, -0.1) is 0 Å². The van der Waals surface area contributed by atoms with Gasteiger partial charge in [-0.3, -0.25) is 4.79 Å². The fraction of sp³-hybridized carbons (Fsp3) is 0.174. The molecule has 0 aliphatic carbocycles. The second kappa shape index (κ2) is 9.83. The average Bonchev–Trinajstić information content (AvgIpc) is 2.79. The Bertz CT molecular complexity index is 1180. The molecule has 2 N–H and O–H groups in total. The van der Waals surface area contributed by atoms with Crippen LogP contribution in [0.25, 0.3) is 0 Å². The summed E-state index contributed by atoms with van der Waals surface area (Å²) in [6, 6.07) is 11.8. The van der Waals surface area contributed by atoms with Gasteiger partial charge in [0.2, 0.25) is 11.9 Å². The van der Waals surface area contributed by atoms with E-state index in [4.69, 9.17) is 16.3 Å². The highest BCUT2D eigenvalue weighted by molar-refractivity contribution is 6.34. The third kappa shape index (κ3) is 5.75. The third-order valence-corrected chi connectivity index (χ3v) is 5.00. The number of methoxy groups -OCH3 is 1. The lowest BCUT2D eigenvalue weighted by molar-refractivity contribution is -0.111. The highest BCUT2D eigenvalue weighted by Gasteiger charge is 2.31. The Hall–Kier alpha value is -3.72. The normalized spacial score (nSPS) is 11.0. The first-order valence-electron chi connectivity index (χ1n) is 9.75. The molecule has 1 aromatic heterocycles. The minimum Gasteiger partial charge on any atom is -0.497 e. The molecule has 1 amide bonds. The lowest BCUT2D eigenvalue weighted by Crippen LogP contribution is -2.20. The number of benzene rings is 2. The van der Waals surface area contributed by atoms with Crippen molar-refractivity contribution in [1.29, 1.82) is 0 Å². The molecule has 10 heteroatoms. The first-order valence-corrected chi connectivity index (χ1v) is 10.1. The van der Waals surface area contributed by atoms with Crippen LogP contribution in [0.4, 0.5) is 37.6 Å². The number of aromatic nitrogens is 2. The molecule has 3 aromatic rings. The van der Waals surface area contributed by atoms with Crippen LogP contribution < -0.4 is 20.3 Å². The minimum absolute atomic E-state index is 0.0220. The summed E-state index contributed by atoms with van der Waals surface area (Å²) in [6.45, 7) is 4.18. The van der Waals surface area contributed by atoms with Gasteiger partial charge in [0, 0.05) is 37.6 Å². The monoisotopic (exact) mass is 473 g/mol. The summed E-state index contributed by atoms with van der Waals surface area (Å²) >= 11 is 6.16. The summed E-state index contributed by atoms with van der Waals surface area (Å²) in [6.07, 6.45) is 2.18. The molecule has 33 heavy (non-hydrogen) atoms. The molecule has 172 valence electrons. The van der Waals surface area contributed by atoms with Crippen LogP contribution in [0.15, 0.2) is 61.3 Å². The van der Waals surface area contributed by atoms with E-state index in [9.17, 15) is 13.6 Å². The van der Waals surface area contributed by atoms with Crippen LogP contribution >= 0.6 is 11.6 Å². The number of ether oxygens (including phenoxy) is 1. The smallest absolute Gasteiger partial charge is 0.275 e. The summed E-state index contributed by atoms with van der Waals surface area (Å²) in [5.74, 6) is -2.95. The van der Waals surface area contributed by atoms with Crippen molar-refractivity contribution in [1.82, 2.24) is 9.97 Å². The standard InChI is InChI=1S/C23H22ClF2N5O2/c1-5-20(32)29-19-12-15(9-10-18(19)24)31(3)21-17(23(2,25)26)13-27-22(30-21)28-14-7-6-8-16(11-14)33-4/h5-13H,1H2,2-4H3,(H,29,32)(H,27,28,30). The van der Waals surface area contributed by atoms with Gasteiger partial charge in [0.25, 0.3) is 5.92 Å². The summed E-state index contributed by atoms with van der Waals surface area (Å²) < 4.78 is 34.0. The van der Waals surface area contributed by atoms with E-state index in [0.29, 0.717) is 22.8 Å². The number of halogens is 3. The maximum Gasteiger partial charge on any atom is 0.275 e. The molecule has 7 nitrogen and oxygen atoms in total. The predicted octanol–water partition coefficient (Wildman–Crippen LogP) is 5.89. The van der Waals surface area contributed by atoms with Gasteiger partial charge in [-0.2, -0.15) is 4.98 Å². The number of nitrogens with zero attached hydrogens (tertiary/aromatic N) is 3. The summed E-state index contributed by atoms with van der Waals surface area (Å²) in [4.78, 5) is 21.6. The second-order valence-electron chi connectivity index (χ2n) is 7.09. The lowest BCUT2D eigenvalue weighted by atomic mass is 10.1. The third-order valence-electron chi connectivity index (χ3n) is 4.67. The topological polar surface area (TPSA) is 79.4 Å². The number of alkyl halides is 2. The molecule has 0 saturated carbocycles. The van der Waals surface area contributed by atoms with Crippen molar-refractivity contribution in [2.75, 3.05) is 29.7 Å². The quantitative estimate of drug-likeness (QED) is 0.397. The molecule has 0 saturated heterocycles. The van der Waals surface area contributed by atoms with Crippen LogP contribution in [0.3, 0.4) is 0 Å². The maximum absolute atomic E-state index is 14.4. The van der Waals surface area contributed by atoms with E-state index in [0.717, 1.165) is 19.2 Å². The molecular formula is C23H22ClF2N5O2. The Labute approximate surface area is 195 Å². The van der Waals surface area contributed by atoms with Crippen molar-refractivity contribution < 1.29 is 18.3 Å². The SMILES string of the molecule is C=CC(=O)Nc1cc(N(C)c2nc(Nc3cccc(OC)c3)ncc2C(C)(F)F)ccc1Cl. The van der Waals surface area contributed by atoms with Crippen LogP contribution in [0.2, 0.25) is 5.02 Å². The zero-order valence-corrected chi connectivity index (χ0v) is 19.0. The van der Waals surface area contributed by atoms with E-state index in [-0.39, 0.29) is 22.4 Å². The van der Waals surface area contributed by atoms with Crippen molar-refractivity contribution in [3.63, 3.8) is 0 Å². The fourth-order valence-corrected chi connectivity index (χ4v) is 3.12. The van der Waals surface area contributed by atoms with Gasteiger partial charge in [-0.25, -0.2) is 13.8 Å². The highest BCUT2D eigenvalue weighted by atomic mass is 35.5. The van der Waals surface area contributed by atoms with Crippen LogP contribution in [0, 0.1) is 0 Å². The highest BCUT2D eigenvalue weighted by Crippen LogP contribution is 2.38. The van der Waals surface area contributed by atoms with E-state index >= 15 is 0 Å². The summed E-state index contributed by atoms with van der Waals surface area (Å²) in [5.41, 5.74) is 1.03. The minimum atomic E-state index is -3.20. The maximum atomic E-state index is 14.4. The predicted molar refractivity (Wildman–Crippen MR) is 126 cm³/mol. The number of nitrogens with one attached hydrogen (secondary N) is 2. The van der Waals surface area contributed by atoms with E-state index < -0.39 is 11.8 Å². The largest absolute Gasteiger partial charge is 0.497 e. The first kappa shape index (κ1) is 23.9. The summed E-state index contributed by atoms with van der Waals surface area (Å²) in [7, 11) is 3.12. The number of amides is 1. The Morgan fingerprint density at radius 2 is 2.03 bits per heavy atom. The molecular weight excluding hydrogens is 452 g/mol. The Morgan fingerprint density at radius 3 is 2.70 bits per heavy atom. The van der Waals surface area contributed by atoms with Crippen molar-refractivity contribution in [2.45, 2.75) is 12.8 Å². The van der Waals surface area contributed by atoms with Crippen LogP contribution in [-0.4, -0.2) is 30.0 Å². The van der Waals surface area contributed by atoms with Crippen molar-refractivity contribution in [3.05, 3.63) is 71.9 Å². The number of anilines is 5. The Morgan fingerprint density at radius 1 is 1.27 bits per heavy atom. The number of carbonyl (C=O) groups excluding carboxylic acids is 1. The Balaban J connectivity index is 2.02. The zero-order chi connectivity index (χ0) is 24.2. The molecule has 0 bridgehead atoms. The van der Waals surface area contributed by atoms with Crippen LogP contribution in [0.1, 0.15) is 12.5 Å². The van der Waals surface area contributed by atoms with E-state index in [1.165, 1.54) is 4.90 Å². The molecule has 0 radical (unpaired) electrons. The van der Waals surface area contributed by atoms with Gasteiger partial charge in [0.1, 0.15) is 11.6 Å². The van der Waals surface area contributed by atoms with Gasteiger partial charge >= 0.3 is 0 Å². The molecule has 2 aromatic carbocycles. The van der Waals surface area contributed by atoms with Crippen molar-refractivity contribution in [3.8, 4) is 5.75 Å².